The van der Waals surface area contributed by atoms with Crippen molar-refractivity contribution in [2.45, 2.75) is 24.3 Å². The summed E-state index contributed by atoms with van der Waals surface area (Å²) in [7, 11) is -3.74. The third kappa shape index (κ3) is 4.39. The lowest BCUT2D eigenvalue weighted by molar-refractivity contribution is -0.152. The average Bonchev–Trinajstić information content (AvgIpc) is 2.49. The first-order chi connectivity index (χ1) is 11.1. The van der Waals surface area contributed by atoms with Crippen LogP contribution in [0.4, 0.5) is 5.69 Å². The number of hydrogen-bond donors (Lipinski definition) is 2. The van der Waals surface area contributed by atoms with Crippen molar-refractivity contribution < 1.29 is 23.1 Å². The van der Waals surface area contributed by atoms with Gasteiger partial charge in [0.1, 0.15) is 5.75 Å². The van der Waals surface area contributed by atoms with Crippen LogP contribution in [0.25, 0.3) is 0 Å². The molecule has 0 aliphatic heterocycles. The summed E-state index contributed by atoms with van der Waals surface area (Å²) >= 11 is 5.74. The predicted octanol–water partition coefficient (Wildman–Crippen LogP) is 3.38. The molecule has 0 aromatic heterocycles. The highest BCUT2D eigenvalue weighted by atomic mass is 35.5. The molecule has 0 saturated carbocycles. The topological polar surface area (TPSA) is 92.7 Å². The second-order valence-corrected chi connectivity index (χ2v) is 7.62. The fourth-order valence-electron chi connectivity index (χ4n) is 1.76. The minimum atomic E-state index is -3.74. The second kappa shape index (κ2) is 6.70. The van der Waals surface area contributed by atoms with Gasteiger partial charge in [-0.3, -0.25) is 4.72 Å². The van der Waals surface area contributed by atoms with E-state index in [0.29, 0.717) is 16.5 Å². The van der Waals surface area contributed by atoms with Crippen LogP contribution in [-0.4, -0.2) is 25.1 Å². The standard InChI is InChI=1S/C16H16ClNO5S/c1-16(2,15(19)20)23-13-7-5-12(6-8-13)18-24(21,22)14-9-3-11(17)4-10-14/h3-10,18H,1-2H3,(H,19,20). The lowest BCUT2D eigenvalue weighted by Gasteiger charge is -2.21. The van der Waals surface area contributed by atoms with Crippen LogP contribution in [0.3, 0.4) is 0 Å². The van der Waals surface area contributed by atoms with E-state index in [1.54, 1.807) is 0 Å². The number of carboxylic acid groups (broad SMARTS) is 1. The number of anilines is 1. The molecule has 2 aromatic carbocycles. The van der Waals surface area contributed by atoms with Gasteiger partial charge in [0, 0.05) is 10.7 Å². The number of benzene rings is 2. The van der Waals surface area contributed by atoms with Gasteiger partial charge in [-0.15, -0.1) is 0 Å². The lowest BCUT2D eigenvalue weighted by atomic mass is 10.1. The van der Waals surface area contributed by atoms with Gasteiger partial charge in [0.2, 0.25) is 0 Å². The largest absolute Gasteiger partial charge is 0.478 e. The molecule has 0 bridgehead atoms. The molecule has 0 aliphatic carbocycles. The molecule has 0 atom stereocenters. The second-order valence-electron chi connectivity index (χ2n) is 5.50. The van der Waals surface area contributed by atoms with Crippen molar-refractivity contribution in [2.24, 2.45) is 0 Å². The van der Waals surface area contributed by atoms with Gasteiger partial charge in [0.15, 0.2) is 5.60 Å². The van der Waals surface area contributed by atoms with Crippen molar-refractivity contribution in [3.63, 3.8) is 0 Å². The molecule has 24 heavy (non-hydrogen) atoms. The molecule has 2 N–H and O–H groups in total. The van der Waals surface area contributed by atoms with E-state index >= 15 is 0 Å². The van der Waals surface area contributed by atoms with Gasteiger partial charge in [-0.2, -0.15) is 0 Å². The van der Waals surface area contributed by atoms with Crippen LogP contribution in [0.15, 0.2) is 53.4 Å². The van der Waals surface area contributed by atoms with Crippen molar-refractivity contribution >= 4 is 33.3 Å². The lowest BCUT2D eigenvalue weighted by Crippen LogP contribution is -2.37. The van der Waals surface area contributed by atoms with E-state index in [4.69, 9.17) is 21.4 Å². The smallest absolute Gasteiger partial charge is 0.347 e. The van der Waals surface area contributed by atoms with Gasteiger partial charge in [-0.25, -0.2) is 13.2 Å². The summed E-state index contributed by atoms with van der Waals surface area (Å²) in [5, 5.41) is 9.47. The van der Waals surface area contributed by atoms with Gasteiger partial charge in [0.05, 0.1) is 4.90 Å². The van der Waals surface area contributed by atoms with Crippen LogP contribution >= 0.6 is 11.6 Å². The monoisotopic (exact) mass is 369 g/mol. The Labute approximate surface area is 145 Å². The summed E-state index contributed by atoms with van der Waals surface area (Å²) in [5.74, 6) is -0.785. The zero-order valence-electron chi connectivity index (χ0n) is 13.0. The quantitative estimate of drug-likeness (QED) is 0.814. The minimum absolute atomic E-state index is 0.0826. The number of carboxylic acids is 1. The Balaban J connectivity index is 2.14. The van der Waals surface area contributed by atoms with Crippen LogP contribution in [0.5, 0.6) is 5.75 Å². The number of ether oxygens (including phenoxy) is 1. The Morgan fingerprint density at radius 2 is 1.62 bits per heavy atom. The third-order valence-corrected chi connectivity index (χ3v) is 4.77. The van der Waals surface area contributed by atoms with E-state index < -0.39 is 21.6 Å². The fourth-order valence-corrected chi connectivity index (χ4v) is 2.94. The molecule has 0 saturated heterocycles. The summed E-state index contributed by atoms with van der Waals surface area (Å²) in [6.45, 7) is 2.85. The Morgan fingerprint density at radius 1 is 1.08 bits per heavy atom. The molecule has 0 unspecified atom stereocenters. The van der Waals surface area contributed by atoms with Crippen molar-refractivity contribution in [3.05, 3.63) is 53.6 Å². The van der Waals surface area contributed by atoms with Gasteiger partial charge in [-0.1, -0.05) is 11.6 Å². The van der Waals surface area contributed by atoms with Gasteiger partial charge in [-0.05, 0) is 62.4 Å². The van der Waals surface area contributed by atoms with Crippen molar-refractivity contribution in [1.82, 2.24) is 0 Å². The fraction of sp³-hybridized carbons (Fsp3) is 0.188. The highest BCUT2D eigenvalue weighted by molar-refractivity contribution is 7.92. The average molecular weight is 370 g/mol. The van der Waals surface area contributed by atoms with E-state index in [-0.39, 0.29) is 4.90 Å². The molecule has 0 aliphatic rings. The number of hydrogen-bond acceptors (Lipinski definition) is 4. The molecule has 2 aromatic rings. The van der Waals surface area contributed by atoms with Crippen LogP contribution in [-0.2, 0) is 14.8 Å². The predicted molar refractivity (Wildman–Crippen MR) is 91.0 cm³/mol. The van der Waals surface area contributed by atoms with Crippen molar-refractivity contribution in [3.8, 4) is 5.75 Å². The highest BCUT2D eigenvalue weighted by Crippen LogP contribution is 2.23. The Morgan fingerprint density at radius 3 is 2.12 bits per heavy atom. The number of halogens is 1. The number of aliphatic carboxylic acids is 1. The number of rotatable bonds is 6. The Hall–Kier alpha value is -2.25. The molecular formula is C16H16ClNO5S. The molecule has 0 radical (unpaired) electrons. The maximum Gasteiger partial charge on any atom is 0.347 e. The molecule has 0 fully saturated rings. The van der Waals surface area contributed by atoms with Crippen molar-refractivity contribution in [2.75, 3.05) is 4.72 Å². The summed E-state index contributed by atoms with van der Waals surface area (Å²) in [5.41, 5.74) is -1.06. The van der Waals surface area contributed by atoms with E-state index in [1.165, 1.54) is 62.4 Å². The van der Waals surface area contributed by atoms with E-state index in [1.807, 2.05) is 0 Å². The molecule has 8 heteroatoms. The maximum absolute atomic E-state index is 12.3. The summed E-state index contributed by atoms with van der Waals surface area (Å²) in [6, 6.07) is 11.7. The van der Waals surface area contributed by atoms with Crippen LogP contribution in [0.2, 0.25) is 5.02 Å². The van der Waals surface area contributed by atoms with E-state index in [2.05, 4.69) is 4.72 Å². The molecule has 128 valence electrons. The first kappa shape index (κ1) is 18.1. The van der Waals surface area contributed by atoms with Gasteiger partial charge < -0.3 is 9.84 Å². The number of carbonyl (C=O) groups is 1. The van der Waals surface area contributed by atoms with E-state index in [0.717, 1.165) is 0 Å². The molecule has 6 nitrogen and oxygen atoms in total. The van der Waals surface area contributed by atoms with Crippen LogP contribution in [0.1, 0.15) is 13.8 Å². The SMILES string of the molecule is CC(C)(Oc1ccc(NS(=O)(=O)c2ccc(Cl)cc2)cc1)C(=O)O. The molecule has 0 spiro atoms. The van der Waals surface area contributed by atoms with Gasteiger partial charge >= 0.3 is 5.97 Å². The first-order valence-corrected chi connectivity index (χ1v) is 8.77. The molecular weight excluding hydrogens is 354 g/mol. The zero-order chi connectivity index (χ0) is 18.0. The van der Waals surface area contributed by atoms with Crippen LogP contribution in [0, 0.1) is 0 Å². The number of nitrogens with one attached hydrogen (secondary N) is 1. The highest BCUT2D eigenvalue weighted by Gasteiger charge is 2.29. The van der Waals surface area contributed by atoms with Crippen molar-refractivity contribution in [1.29, 1.82) is 0 Å². The summed E-state index contributed by atoms with van der Waals surface area (Å²) < 4.78 is 32.3. The van der Waals surface area contributed by atoms with Crippen LogP contribution < -0.4 is 9.46 Å². The summed E-state index contributed by atoms with van der Waals surface area (Å²) in [6.07, 6.45) is 0. The molecule has 0 heterocycles. The molecule has 0 amide bonds. The maximum atomic E-state index is 12.3. The van der Waals surface area contributed by atoms with E-state index in [9.17, 15) is 13.2 Å². The normalized spacial score (nSPS) is 11.8. The first-order valence-electron chi connectivity index (χ1n) is 6.91. The van der Waals surface area contributed by atoms with Gasteiger partial charge in [0.25, 0.3) is 10.0 Å². The number of sulfonamides is 1. The Kier molecular flexibility index (Phi) is 5.05. The zero-order valence-corrected chi connectivity index (χ0v) is 14.6. The third-order valence-electron chi connectivity index (χ3n) is 3.12. The minimum Gasteiger partial charge on any atom is -0.478 e. The Bertz CT molecular complexity index is 830. The summed E-state index contributed by atoms with van der Waals surface area (Å²) in [4.78, 5) is 11.1. The molecule has 2 rings (SSSR count).